The Kier molecular flexibility index (Phi) is 4.60. The maximum Gasteiger partial charge on any atom is 0.252 e. The van der Waals surface area contributed by atoms with Crippen molar-refractivity contribution in [1.29, 1.82) is 10.5 Å². The lowest BCUT2D eigenvalue weighted by molar-refractivity contribution is 0.0891. The Hall–Kier alpha value is -2.33. The first kappa shape index (κ1) is 15.1. The number of amides is 1. The lowest BCUT2D eigenvalue weighted by atomic mass is 9.76. The molecule has 0 saturated heterocycles. The highest BCUT2D eigenvalue weighted by atomic mass is 16.1. The number of nitriles is 2. The normalized spacial score (nSPS) is 24.6. The van der Waals surface area contributed by atoms with Crippen LogP contribution in [0.1, 0.15) is 54.9 Å². The summed E-state index contributed by atoms with van der Waals surface area (Å²) < 4.78 is 0. The summed E-state index contributed by atoms with van der Waals surface area (Å²) in [7, 11) is 0. The van der Waals surface area contributed by atoms with Crippen LogP contribution in [0.5, 0.6) is 0 Å². The molecule has 21 heavy (non-hydrogen) atoms. The van der Waals surface area contributed by atoms with Crippen LogP contribution < -0.4 is 5.32 Å². The van der Waals surface area contributed by atoms with E-state index in [1.165, 1.54) is 0 Å². The number of benzene rings is 1. The molecule has 4 heteroatoms. The van der Waals surface area contributed by atoms with Crippen molar-refractivity contribution in [2.24, 2.45) is 5.92 Å². The number of nitrogens with zero attached hydrogens (tertiary/aromatic N) is 2. The van der Waals surface area contributed by atoms with Gasteiger partial charge < -0.3 is 5.32 Å². The zero-order chi connectivity index (χ0) is 15.3. The van der Waals surface area contributed by atoms with E-state index in [-0.39, 0.29) is 5.91 Å². The zero-order valence-electron chi connectivity index (χ0n) is 12.2. The minimum absolute atomic E-state index is 0.274. The highest BCUT2D eigenvalue weighted by Gasteiger charge is 2.36. The fourth-order valence-corrected chi connectivity index (χ4v) is 2.86. The summed E-state index contributed by atoms with van der Waals surface area (Å²) in [5.41, 5.74) is 0.121. The van der Waals surface area contributed by atoms with E-state index in [0.717, 1.165) is 19.3 Å². The van der Waals surface area contributed by atoms with Crippen molar-refractivity contribution in [2.45, 2.75) is 44.6 Å². The third kappa shape index (κ3) is 3.41. The van der Waals surface area contributed by atoms with Crippen LogP contribution in [-0.2, 0) is 0 Å². The number of carbonyl (C=O) groups is 1. The molecule has 0 spiro atoms. The second kappa shape index (κ2) is 6.41. The van der Waals surface area contributed by atoms with Crippen LogP contribution in [0.15, 0.2) is 24.3 Å². The number of rotatable bonds is 3. The van der Waals surface area contributed by atoms with Crippen LogP contribution in [-0.4, -0.2) is 11.4 Å². The van der Waals surface area contributed by atoms with E-state index >= 15 is 0 Å². The highest BCUT2D eigenvalue weighted by molar-refractivity contribution is 5.95. The molecule has 1 saturated carbocycles. The fourth-order valence-electron chi connectivity index (χ4n) is 2.86. The molecule has 0 aliphatic heterocycles. The van der Waals surface area contributed by atoms with Gasteiger partial charge in [-0.15, -0.1) is 0 Å². The average molecular weight is 281 g/mol. The van der Waals surface area contributed by atoms with Gasteiger partial charge in [0.2, 0.25) is 0 Å². The van der Waals surface area contributed by atoms with E-state index in [0.29, 0.717) is 29.9 Å². The molecule has 0 aromatic heterocycles. The van der Waals surface area contributed by atoms with Crippen LogP contribution in [0, 0.1) is 28.6 Å². The van der Waals surface area contributed by atoms with E-state index in [1.54, 1.807) is 24.3 Å². The molecule has 1 fully saturated rings. The van der Waals surface area contributed by atoms with E-state index < -0.39 is 5.54 Å². The molecule has 1 amide bonds. The van der Waals surface area contributed by atoms with E-state index in [4.69, 9.17) is 5.26 Å². The molecule has 1 aliphatic rings. The SMILES string of the molecule is CCC1CCC(C#N)(NC(=O)c2cccc(C#N)c2)CC1. The molecule has 1 aromatic rings. The Labute approximate surface area is 125 Å². The summed E-state index contributed by atoms with van der Waals surface area (Å²) in [6, 6.07) is 10.9. The Balaban J connectivity index is 2.10. The van der Waals surface area contributed by atoms with Crippen molar-refractivity contribution in [3.63, 3.8) is 0 Å². The molecule has 0 heterocycles. The first-order valence-electron chi connectivity index (χ1n) is 7.36. The third-order valence-electron chi connectivity index (χ3n) is 4.36. The summed E-state index contributed by atoms with van der Waals surface area (Å²) >= 11 is 0. The average Bonchev–Trinajstić information content (AvgIpc) is 2.55. The number of carbonyl (C=O) groups excluding carboxylic acids is 1. The Morgan fingerprint density at radius 3 is 2.67 bits per heavy atom. The van der Waals surface area contributed by atoms with Gasteiger partial charge in [-0.1, -0.05) is 19.4 Å². The van der Waals surface area contributed by atoms with Gasteiger partial charge in [0, 0.05) is 5.56 Å². The first-order valence-corrected chi connectivity index (χ1v) is 7.36. The van der Waals surface area contributed by atoms with E-state index in [2.05, 4.69) is 18.3 Å². The largest absolute Gasteiger partial charge is 0.334 e. The van der Waals surface area contributed by atoms with Gasteiger partial charge in [0.15, 0.2) is 0 Å². The van der Waals surface area contributed by atoms with Crippen LogP contribution in [0.3, 0.4) is 0 Å². The molecular weight excluding hydrogens is 262 g/mol. The first-order chi connectivity index (χ1) is 10.1. The maximum atomic E-state index is 12.3. The summed E-state index contributed by atoms with van der Waals surface area (Å²) in [5, 5.41) is 21.2. The summed E-state index contributed by atoms with van der Waals surface area (Å²) in [4.78, 5) is 12.3. The van der Waals surface area contributed by atoms with Crippen molar-refractivity contribution in [1.82, 2.24) is 5.32 Å². The van der Waals surface area contributed by atoms with Gasteiger partial charge in [0.05, 0.1) is 17.7 Å². The predicted octanol–water partition coefficient (Wildman–Crippen LogP) is 3.15. The Morgan fingerprint density at radius 2 is 2.10 bits per heavy atom. The van der Waals surface area contributed by atoms with Crippen molar-refractivity contribution < 1.29 is 4.79 Å². The van der Waals surface area contributed by atoms with Gasteiger partial charge in [-0.25, -0.2) is 0 Å². The molecule has 2 rings (SSSR count). The minimum atomic E-state index is -0.759. The lowest BCUT2D eigenvalue weighted by Crippen LogP contribution is -2.49. The molecule has 0 atom stereocenters. The molecule has 1 N–H and O–H groups in total. The molecule has 0 bridgehead atoms. The number of hydrogen-bond donors (Lipinski definition) is 1. The van der Waals surface area contributed by atoms with Crippen LogP contribution >= 0.6 is 0 Å². The topological polar surface area (TPSA) is 76.7 Å². The van der Waals surface area contributed by atoms with Crippen LogP contribution in [0.2, 0.25) is 0 Å². The van der Waals surface area contributed by atoms with Crippen molar-refractivity contribution in [3.05, 3.63) is 35.4 Å². The Morgan fingerprint density at radius 1 is 1.38 bits per heavy atom. The van der Waals surface area contributed by atoms with Crippen molar-refractivity contribution >= 4 is 5.91 Å². The van der Waals surface area contributed by atoms with Gasteiger partial charge in [0.1, 0.15) is 5.54 Å². The zero-order valence-corrected chi connectivity index (χ0v) is 12.2. The smallest absolute Gasteiger partial charge is 0.252 e. The van der Waals surface area contributed by atoms with Crippen LogP contribution in [0.4, 0.5) is 0 Å². The van der Waals surface area contributed by atoms with Crippen molar-refractivity contribution in [2.75, 3.05) is 0 Å². The van der Waals surface area contributed by atoms with Gasteiger partial charge in [-0.3, -0.25) is 4.79 Å². The quantitative estimate of drug-likeness (QED) is 0.924. The van der Waals surface area contributed by atoms with E-state index in [9.17, 15) is 10.1 Å². The van der Waals surface area contributed by atoms with Gasteiger partial charge in [-0.05, 0) is 49.8 Å². The molecule has 0 radical (unpaired) electrons. The summed E-state index contributed by atoms with van der Waals surface area (Å²) in [6.45, 7) is 2.16. The fraction of sp³-hybridized carbons (Fsp3) is 0.471. The van der Waals surface area contributed by atoms with Gasteiger partial charge in [0.25, 0.3) is 5.91 Å². The van der Waals surface area contributed by atoms with Crippen molar-refractivity contribution in [3.8, 4) is 12.1 Å². The number of nitrogens with one attached hydrogen (secondary N) is 1. The second-order valence-electron chi connectivity index (χ2n) is 5.69. The second-order valence-corrected chi connectivity index (χ2v) is 5.69. The molecule has 108 valence electrons. The maximum absolute atomic E-state index is 12.3. The summed E-state index contributed by atoms with van der Waals surface area (Å²) in [5.74, 6) is 0.383. The van der Waals surface area contributed by atoms with E-state index in [1.807, 2.05) is 6.07 Å². The number of hydrogen-bond acceptors (Lipinski definition) is 3. The minimum Gasteiger partial charge on any atom is -0.334 e. The van der Waals surface area contributed by atoms with Crippen LogP contribution in [0.25, 0.3) is 0 Å². The third-order valence-corrected chi connectivity index (χ3v) is 4.36. The monoisotopic (exact) mass is 281 g/mol. The predicted molar refractivity (Wildman–Crippen MR) is 79.2 cm³/mol. The Bertz CT molecular complexity index is 601. The highest BCUT2D eigenvalue weighted by Crippen LogP contribution is 2.33. The molecule has 4 nitrogen and oxygen atoms in total. The standard InChI is InChI=1S/C17H19N3O/c1-2-13-6-8-17(12-19,9-7-13)20-16(21)15-5-3-4-14(10-15)11-18/h3-5,10,13H,2,6-9H2,1H3,(H,20,21). The summed E-state index contributed by atoms with van der Waals surface area (Å²) in [6.07, 6.45) is 4.47. The lowest BCUT2D eigenvalue weighted by Gasteiger charge is -2.35. The molecule has 1 aromatic carbocycles. The van der Waals surface area contributed by atoms with Gasteiger partial charge in [-0.2, -0.15) is 10.5 Å². The molecule has 0 unspecified atom stereocenters. The molecule has 1 aliphatic carbocycles. The van der Waals surface area contributed by atoms with Gasteiger partial charge >= 0.3 is 0 Å². The molecular formula is C17H19N3O.